The fourth-order valence-electron chi connectivity index (χ4n) is 1.58. The maximum Gasteiger partial charge on any atom is 0.269 e. The molecule has 0 amide bonds. The van der Waals surface area contributed by atoms with Crippen LogP contribution in [0.3, 0.4) is 0 Å². The highest BCUT2D eigenvalue weighted by Crippen LogP contribution is 2.25. The summed E-state index contributed by atoms with van der Waals surface area (Å²) in [7, 11) is 2.94. The number of ether oxygens (including phenoxy) is 2. The van der Waals surface area contributed by atoms with Gasteiger partial charge in [-0.3, -0.25) is 14.9 Å². The van der Waals surface area contributed by atoms with Gasteiger partial charge in [-0.1, -0.05) is 0 Å². The lowest BCUT2D eigenvalue weighted by Gasteiger charge is -2.07. The van der Waals surface area contributed by atoms with Crippen molar-refractivity contribution >= 4 is 11.5 Å². The summed E-state index contributed by atoms with van der Waals surface area (Å²) >= 11 is 0. The van der Waals surface area contributed by atoms with E-state index in [4.69, 9.17) is 9.47 Å². The number of methoxy groups -OCH3 is 2. The number of aryl methyl sites for hydroxylation is 1. The SMILES string of the molecule is COCC(=O)CCc1cc([N+](=O)[O-])ccc1OC. The Morgan fingerprint density at radius 3 is 2.67 bits per heavy atom. The number of non-ortho nitro benzene ring substituents is 1. The molecule has 0 bridgehead atoms. The Morgan fingerprint density at radius 1 is 1.39 bits per heavy atom. The molecule has 0 aromatic heterocycles. The van der Waals surface area contributed by atoms with Crippen LogP contribution in [0.2, 0.25) is 0 Å². The van der Waals surface area contributed by atoms with Crippen LogP contribution >= 0.6 is 0 Å². The van der Waals surface area contributed by atoms with Crippen LogP contribution in [0.25, 0.3) is 0 Å². The fraction of sp³-hybridized carbons (Fsp3) is 0.417. The lowest BCUT2D eigenvalue weighted by molar-refractivity contribution is -0.384. The van der Waals surface area contributed by atoms with Crippen molar-refractivity contribution in [2.75, 3.05) is 20.8 Å². The molecule has 1 rings (SSSR count). The molecule has 0 unspecified atom stereocenters. The number of ketones is 1. The van der Waals surface area contributed by atoms with Crippen molar-refractivity contribution in [3.63, 3.8) is 0 Å². The van der Waals surface area contributed by atoms with Gasteiger partial charge in [-0.05, 0) is 12.5 Å². The molecule has 6 heteroatoms. The van der Waals surface area contributed by atoms with Crippen LogP contribution in [-0.2, 0) is 16.0 Å². The van der Waals surface area contributed by atoms with Gasteiger partial charge >= 0.3 is 0 Å². The van der Waals surface area contributed by atoms with Crippen molar-refractivity contribution in [2.45, 2.75) is 12.8 Å². The number of carbonyl (C=O) groups excluding carboxylic acids is 1. The van der Waals surface area contributed by atoms with Gasteiger partial charge in [0.2, 0.25) is 0 Å². The third kappa shape index (κ3) is 3.81. The van der Waals surface area contributed by atoms with Crippen molar-refractivity contribution in [1.82, 2.24) is 0 Å². The maximum atomic E-state index is 11.3. The number of nitro groups is 1. The van der Waals surface area contributed by atoms with Gasteiger partial charge in [0.25, 0.3) is 5.69 Å². The average Bonchev–Trinajstić information content (AvgIpc) is 2.36. The molecule has 6 nitrogen and oxygen atoms in total. The summed E-state index contributed by atoms with van der Waals surface area (Å²) in [5, 5.41) is 10.7. The molecule has 0 radical (unpaired) electrons. The van der Waals surface area contributed by atoms with Gasteiger partial charge in [-0.2, -0.15) is 0 Å². The molecule has 0 saturated heterocycles. The first kappa shape index (κ1) is 14.1. The van der Waals surface area contributed by atoms with Gasteiger partial charge in [0.1, 0.15) is 12.4 Å². The number of hydrogen-bond donors (Lipinski definition) is 0. The Morgan fingerprint density at radius 2 is 2.11 bits per heavy atom. The van der Waals surface area contributed by atoms with E-state index in [-0.39, 0.29) is 24.5 Å². The van der Waals surface area contributed by atoms with Crippen LogP contribution in [-0.4, -0.2) is 31.5 Å². The number of nitrogens with zero attached hydrogens (tertiary/aromatic N) is 1. The summed E-state index contributed by atoms with van der Waals surface area (Å²) in [6.07, 6.45) is 0.665. The smallest absolute Gasteiger partial charge is 0.269 e. The third-order valence-corrected chi connectivity index (χ3v) is 2.45. The molecule has 0 heterocycles. The van der Waals surface area contributed by atoms with Crippen LogP contribution < -0.4 is 4.74 Å². The van der Waals surface area contributed by atoms with E-state index in [1.54, 1.807) is 0 Å². The van der Waals surface area contributed by atoms with E-state index in [1.807, 2.05) is 0 Å². The highest BCUT2D eigenvalue weighted by Gasteiger charge is 2.12. The van der Waals surface area contributed by atoms with E-state index in [2.05, 4.69) is 0 Å². The minimum absolute atomic E-state index is 0.00927. The second-order valence-corrected chi connectivity index (χ2v) is 3.72. The minimum atomic E-state index is -0.472. The molecular weight excluding hydrogens is 238 g/mol. The van der Waals surface area contributed by atoms with Crippen LogP contribution in [0.5, 0.6) is 5.75 Å². The molecule has 1 aromatic rings. The highest BCUT2D eigenvalue weighted by molar-refractivity contribution is 5.80. The Kier molecular flexibility index (Phi) is 5.26. The van der Waals surface area contributed by atoms with Gasteiger partial charge < -0.3 is 9.47 Å². The fourth-order valence-corrected chi connectivity index (χ4v) is 1.58. The van der Waals surface area contributed by atoms with Crippen molar-refractivity contribution in [1.29, 1.82) is 0 Å². The van der Waals surface area contributed by atoms with E-state index in [0.29, 0.717) is 17.7 Å². The summed E-state index contributed by atoms with van der Waals surface area (Å²) in [5.41, 5.74) is 0.640. The second-order valence-electron chi connectivity index (χ2n) is 3.72. The molecule has 0 aliphatic carbocycles. The van der Waals surface area contributed by atoms with Crippen molar-refractivity contribution in [3.8, 4) is 5.75 Å². The van der Waals surface area contributed by atoms with Crippen LogP contribution in [0.15, 0.2) is 18.2 Å². The molecule has 98 valence electrons. The van der Waals surface area contributed by atoms with Gasteiger partial charge in [0.05, 0.1) is 12.0 Å². The topological polar surface area (TPSA) is 78.7 Å². The monoisotopic (exact) mass is 253 g/mol. The van der Waals surface area contributed by atoms with Gasteiger partial charge in [0, 0.05) is 31.2 Å². The van der Waals surface area contributed by atoms with Crippen LogP contribution in [0, 0.1) is 10.1 Å². The minimum Gasteiger partial charge on any atom is -0.496 e. The van der Waals surface area contributed by atoms with Gasteiger partial charge in [0.15, 0.2) is 5.78 Å². The van der Waals surface area contributed by atoms with Crippen molar-refractivity contribution < 1.29 is 19.2 Å². The predicted octanol–water partition coefficient (Wildman–Crippen LogP) is 1.75. The van der Waals surface area contributed by atoms with E-state index < -0.39 is 4.92 Å². The molecule has 0 spiro atoms. The standard InChI is InChI=1S/C12H15NO5/c1-17-8-11(14)5-3-9-7-10(13(15)16)4-6-12(9)18-2/h4,6-7H,3,5,8H2,1-2H3. The average molecular weight is 253 g/mol. The Bertz CT molecular complexity index is 444. The van der Waals surface area contributed by atoms with E-state index in [0.717, 1.165) is 0 Å². The zero-order chi connectivity index (χ0) is 13.5. The van der Waals surface area contributed by atoms with E-state index in [1.165, 1.54) is 32.4 Å². The number of benzene rings is 1. The molecule has 0 atom stereocenters. The highest BCUT2D eigenvalue weighted by atomic mass is 16.6. The largest absolute Gasteiger partial charge is 0.496 e. The molecule has 18 heavy (non-hydrogen) atoms. The molecule has 0 fully saturated rings. The number of Topliss-reactive ketones (excluding diaryl/α,β-unsaturated/α-hetero) is 1. The first-order chi connectivity index (χ1) is 8.58. The number of hydrogen-bond acceptors (Lipinski definition) is 5. The molecule has 0 aliphatic heterocycles. The van der Waals surface area contributed by atoms with Gasteiger partial charge in [-0.25, -0.2) is 0 Å². The summed E-state index contributed by atoms with van der Waals surface area (Å²) in [5.74, 6) is 0.497. The summed E-state index contributed by atoms with van der Waals surface area (Å²) < 4.78 is 9.83. The van der Waals surface area contributed by atoms with Crippen molar-refractivity contribution in [3.05, 3.63) is 33.9 Å². The van der Waals surface area contributed by atoms with Crippen molar-refractivity contribution in [2.24, 2.45) is 0 Å². The Hall–Kier alpha value is -1.95. The Labute approximate surface area is 105 Å². The quantitative estimate of drug-likeness (QED) is 0.546. The first-order valence-electron chi connectivity index (χ1n) is 5.40. The number of nitro benzene ring substituents is 1. The van der Waals surface area contributed by atoms with Crippen LogP contribution in [0.4, 0.5) is 5.69 Å². The van der Waals surface area contributed by atoms with E-state index >= 15 is 0 Å². The lowest BCUT2D eigenvalue weighted by atomic mass is 10.1. The lowest BCUT2D eigenvalue weighted by Crippen LogP contribution is -2.08. The maximum absolute atomic E-state index is 11.3. The second kappa shape index (κ2) is 6.70. The predicted molar refractivity (Wildman–Crippen MR) is 64.9 cm³/mol. The van der Waals surface area contributed by atoms with Crippen LogP contribution in [0.1, 0.15) is 12.0 Å². The summed E-state index contributed by atoms with van der Waals surface area (Å²) in [4.78, 5) is 21.5. The number of carbonyl (C=O) groups is 1. The molecule has 1 aromatic carbocycles. The Balaban J connectivity index is 2.81. The zero-order valence-corrected chi connectivity index (χ0v) is 10.3. The summed E-state index contributed by atoms with van der Waals surface area (Å²) in [6.45, 7) is 0.0528. The van der Waals surface area contributed by atoms with Gasteiger partial charge in [-0.15, -0.1) is 0 Å². The number of rotatable bonds is 7. The first-order valence-corrected chi connectivity index (χ1v) is 5.40. The third-order valence-electron chi connectivity index (χ3n) is 2.45. The molecule has 0 aliphatic rings. The molecule has 0 N–H and O–H groups in total. The van der Waals surface area contributed by atoms with E-state index in [9.17, 15) is 14.9 Å². The molecular formula is C12H15NO5. The zero-order valence-electron chi connectivity index (χ0n) is 10.3. The summed E-state index contributed by atoms with van der Waals surface area (Å²) in [6, 6.07) is 4.34. The molecule has 0 saturated carbocycles. The normalized spacial score (nSPS) is 10.1.